The largest absolute Gasteiger partial charge is 0.507 e. The molecule has 198 valence electrons. The van der Waals surface area contributed by atoms with Gasteiger partial charge in [0.15, 0.2) is 0 Å². The Kier molecular flexibility index (Phi) is 7.76. The van der Waals surface area contributed by atoms with Crippen LogP contribution in [0.4, 0.5) is 11.4 Å². The average molecular weight is 515 g/mol. The van der Waals surface area contributed by atoms with Crippen LogP contribution in [0.2, 0.25) is 0 Å². The quantitative estimate of drug-likeness (QED) is 0.233. The molecule has 1 heterocycles. The van der Waals surface area contributed by atoms with Gasteiger partial charge in [0.25, 0.3) is 11.7 Å². The van der Waals surface area contributed by atoms with E-state index >= 15 is 0 Å². The summed E-state index contributed by atoms with van der Waals surface area (Å²) in [5.74, 6) is -0.564. The monoisotopic (exact) mass is 514 g/mol. The normalized spacial score (nSPS) is 16.6. The molecule has 38 heavy (non-hydrogen) atoms. The van der Waals surface area contributed by atoms with Crippen molar-refractivity contribution in [3.8, 4) is 11.5 Å². The Morgan fingerprint density at radius 2 is 1.53 bits per heavy atom. The molecule has 3 aromatic carbocycles. The molecule has 0 saturated carbocycles. The van der Waals surface area contributed by atoms with Crippen molar-refractivity contribution in [3.63, 3.8) is 0 Å². The molecule has 4 rings (SSSR count). The summed E-state index contributed by atoms with van der Waals surface area (Å²) in [7, 11) is 3.11. The third-order valence-corrected chi connectivity index (χ3v) is 7.12. The summed E-state index contributed by atoms with van der Waals surface area (Å²) in [5.41, 5.74) is 4.24. The van der Waals surface area contributed by atoms with Crippen LogP contribution in [0.25, 0.3) is 5.76 Å². The van der Waals surface area contributed by atoms with Crippen LogP contribution in [-0.2, 0) is 9.59 Å². The molecule has 0 spiro atoms. The average Bonchev–Trinajstić information content (AvgIpc) is 3.20. The zero-order valence-electron chi connectivity index (χ0n) is 22.7. The van der Waals surface area contributed by atoms with Gasteiger partial charge < -0.3 is 19.5 Å². The van der Waals surface area contributed by atoms with Crippen LogP contribution >= 0.6 is 0 Å². The fourth-order valence-electron chi connectivity index (χ4n) is 5.09. The van der Waals surface area contributed by atoms with Crippen LogP contribution in [-0.4, -0.2) is 44.1 Å². The summed E-state index contributed by atoms with van der Waals surface area (Å²) < 4.78 is 11.0. The van der Waals surface area contributed by atoms with Gasteiger partial charge in [-0.3, -0.25) is 14.5 Å². The van der Waals surface area contributed by atoms with Crippen LogP contribution in [0, 0.1) is 13.8 Å². The van der Waals surface area contributed by atoms with Crippen molar-refractivity contribution in [2.24, 2.45) is 0 Å². The lowest BCUT2D eigenvalue weighted by atomic mass is 9.92. The number of para-hydroxylation sites is 2. The van der Waals surface area contributed by atoms with E-state index in [4.69, 9.17) is 9.47 Å². The number of carbonyl (C=O) groups excluding carboxylic acids is 2. The highest BCUT2D eigenvalue weighted by Crippen LogP contribution is 2.45. The lowest BCUT2D eigenvalue weighted by Crippen LogP contribution is -2.30. The summed E-state index contributed by atoms with van der Waals surface area (Å²) in [6.07, 6.45) is 0. The van der Waals surface area contributed by atoms with Gasteiger partial charge in [-0.05, 0) is 80.8 Å². The predicted molar refractivity (Wildman–Crippen MR) is 150 cm³/mol. The number of benzene rings is 3. The Morgan fingerprint density at radius 3 is 2.13 bits per heavy atom. The molecular formula is C31H34N2O5. The van der Waals surface area contributed by atoms with E-state index in [2.05, 4.69) is 18.7 Å². The number of ether oxygens (including phenoxy) is 2. The predicted octanol–water partition coefficient (Wildman–Crippen LogP) is 5.79. The Balaban J connectivity index is 1.96. The number of hydrogen-bond acceptors (Lipinski definition) is 6. The van der Waals surface area contributed by atoms with E-state index < -0.39 is 17.7 Å². The maximum absolute atomic E-state index is 13.6. The summed E-state index contributed by atoms with van der Waals surface area (Å²) in [5, 5.41) is 11.6. The second-order valence-corrected chi connectivity index (χ2v) is 9.24. The first-order valence-corrected chi connectivity index (χ1v) is 12.7. The Morgan fingerprint density at radius 1 is 0.895 bits per heavy atom. The zero-order valence-corrected chi connectivity index (χ0v) is 22.7. The molecule has 7 nitrogen and oxygen atoms in total. The van der Waals surface area contributed by atoms with E-state index in [0.717, 1.165) is 29.9 Å². The molecule has 1 amide bonds. The van der Waals surface area contributed by atoms with Crippen molar-refractivity contribution in [2.45, 2.75) is 33.7 Å². The molecule has 0 aromatic heterocycles. The van der Waals surface area contributed by atoms with E-state index in [1.807, 2.05) is 44.2 Å². The van der Waals surface area contributed by atoms with Crippen molar-refractivity contribution in [2.75, 3.05) is 37.1 Å². The van der Waals surface area contributed by atoms with Crippen molar-refractivity contribution >= 4 is 28.8 Å². The molecule has 1 unspecified atom stereocenters. The van der Waals surface area contributed by atoms with Gasteiger partial charge in [-0.2, -0.15) is 0 Å². The SMILES string of the molecule is CCN(CC)c1ccc(C2/C(=C(\O)c3cc(C)c(OC)cc3C)C(=O)C(=O)N2c2ccccc2OC)cc1. The molecule has 1 aliphatic rings. The minimum Gasteiger partial charge on any atom is -0.507 e. The number of amides is 1. The molecule has 1 N–H and O–H groups in total. The first-order valence-electron chi connectivity index (χ1n) is 12.7. The fraction of sp³-hybridized carbons (Fsp3) is 0.290. The first-order chi connectivity index (χ1) is 18.3. The van der Waals surface area contributed by atoms with E-state index in [-0.39, 0.29) is 11.3 Å². The molecule has 3 aromatic rings. The highest BCUT2D eigenvalue weighted by atomic mass is 16.5. The molecule has 1 fully saturated rings. The second-order valence-electron chi connectivity index (χ2n) is 9.24. The standard InChI is InChI=1S/C31H34N2O5/c1-7-32(8-2)22-15-13-21(14-16-22)28-27(29(34)23-17-20(4)26(38-6)18-19(23)3)30(35)31(36)33(28)24-11-9-10-12-25(24)37-5/h9-18,28,34H,7-8H2,1-6H3/b29-27+. The molecule has 1 aliphatic heterocycles. The summed E-state index contributed by atoms with van der Waals surface area (Å²) >= 11 is 0. The number of methoxy groups -OCH3 is 2. The van der Waals surface area contributed by atoms with Gasteiger partial charge in [-0.25, -0.2) is 0 Å². The Bertz CT molecular complexity index is 1390. The van der Waals surface area contributed by atoms with Gasteiger partial charge in [0.2, 0.25) is 0 Å². The summed E-state index contributed by atoms with van der Waals surface area (Å²) in [6, 6.07) is 17.6. The van der Waals surface area contributed by atoms with Gasteiger partial charge in [0.1, 0.15) is 17.3 Å². The van der Waals surface area contributed by atoms with E-state index in [1.165, 1.54) is 12.0 Å². The van der Waals surface area contributed by atoms with Crippen LogP contribution in [0.5, 0.6) is 11.5 Å². The van der Waals surface area contributed by atoms with E-state index in [9.17, 15) is 14.7 Å². The summed E-state index contributed by atoms with van der Waals surface area (Å²) in [4.78, 5) is 30.8. The maximum Gasteiger partial charge on any atom is 0.300 e. The third-order valence-electron chi connectivity index (χ3n) is 7.12. The number of Topliss-reactive ketones (excluding diaryl/α,β-unsaturated/α-hetero) is 1. The number of aliphatic hydroxyl groups is 1. The number of hydrogen-bond donors (Lipinski definition) is 1. The van der Waals surface area contributed by atoms with Gasteiger partial charge in [-0.1, -0.05) is 24.3 Å². The highest BCUT2D eigenvalue weighted by molar-refractivity contribution is 6.52. The number of carbonyl (C=O) groups is 2. The molecule has 0 aliphatic carbocycles. The van der Waals surface area contributed by atoms with Gasteiger partial charge >= 0.3 is 0 Å². The number of anilines is 2. The Labute approximate surface area is 223 Å². The Hall–Kier alpha value is -4.26. The molecule has 7 heteroatoms. The lowest BCUT2D eigenvalue weighted by Gasteiger charge is -2.28. The molecule has 1 atom stereocenters. The minimum absolute atomic E-state index is 0.0316. The van der Waals surface area contributed by atoms with Crippen molar-refractivity contribution < 1.29 is 24.2 Å². The number of nitrogens with zero attached hydrogens (tertiary/aromatic N) is 2. The molecule has 0 radical (unpaired) electrons. The molecule has 0 bridgehead atoms. The smallest absolute Gasteiger partial charge is 0.300 e. The molecular weight excluding hydrogens is 480 g/mol. The first kappa shape index (κ1) is 26.8. The third kappa shape index (κ3) is 4.60. The van der Waals surface area contributed by atoms with Gasteiger partial charge in [0, 0.05) is 24.3 Å². The fourth-order valence-corrected chi connectivity index (χ4v) is 5.09. The number of ketones is 1. The topological polar surface area (TPSA) is 79.3 Å². The second kappa shape index (κ2) is 11.0. The van der Waals surface area contributed by atoms with Crippen molar-refractivity contribution in [3.05, 3.63) is 88.5 Å². The van der Waals surface area contributed by atoms with Crippen molar-refractivity contribution in [1.29, 1.82) is 0 Å². The van der Waals surface area contributed by atoms with Crippen LogP contribution < -0.4 is 19.3 Å². The molecule has 1 saturated heterocycles. The van der Waals surface area contributed by atoms with Crippen LogP contribution in [0.3, 0.4) is 0 Å². The van der Waals surface area contributed by atoms with E-state index in [0.29, 0.717) is 28.3 Å². The van der Waals surface area contributed by atoms with Gasteiger partial charge in [-0.15, -0.1) is 0 Å². The number of aliphatic hydroxyl groups excluding tert-OH is 1. The maximum atomic E-state index is 13.6. The highest BCUT2D eigenvalue weighted by Gasteiger charge is 2.48. The number of aryl methyl sites for hydroxylation is 2. The van der Waals surface area contributed by atoms with Crippen LogP contribution in [0.15, 0.2) is 66.2 Å². The summed E-state index contributed by atoms with van der Waals surface area (Å²) in [6.45, 7) is 9.59. The zero-order chi connectivity index (χ0) is 27.6. The van der Waals surface area contributed by atoms with Crippen LogP contribution in [0.1, 0.15) is 42.1 Å². The lowest BCUT2D eigenvalue weighted by molar-refractivity contribution is -0.132. The van der Waals surface area contributed by atoms with E-state index in [1.54, 1.807) is 37.4 Å². The minimum atomic E-state index is -0.848. The van der Waals surface area contributed by atoms with Gasteiger partial charge in [0.05, 0.1) is 31.5 Å². The van der Waals surface area contributed by atoms with Crippen molar-refractivity contribution in [1.82, 2.24) is 0 Å². The number of rotatable bonds is 8.